The summed E-state index contributed by atoms with van der Waals surface area (Å²) in [6.45, 7) is 12.7. The van der Waals surface area contributed by atoms with Crippen molar-refractivity contribution in [2.45, 2.75) is 57.7 Å². The first kappa shape index (κ1) is 15.6. The fourth-order valence-corrected chi connectivity index (χ4v) is 8.52. The Balaban J connectivity index is 1.75. The Bertz CT molecular complexity index is 415. The molecule has 0 aromatic heterocycles. The molecule has 0 saturated carbocycles. The third kappa shape index (κ3) is 2.82. The first-order chi connectivity index (χ1) is 9.15. The minimum absolute atomic E-state index is 0.168. The van der Waals surface area contributed by atoms with Crippen LogP contribution in [0.25, 0.3) is 0 Å². The van der Waals surface area contributed by atoms with E-state index in [1.807, 2.05) is 27.7 Å². The molecule has 3 saturated heterocycles. The number of nitrogens with zero attached hydrogens (tertiary/aromatic N) is 3. The van der Waals surface area contributed by atoms with Crippen LogP contribution in [0.2, 0.25) is 0 Å². The molecule has 3 aliphatic rings. The molecule has 0 atom stereocenters. The minimum atomic E-state index is -1.67. The van der Waals surface area contributed by atoms with E-state index in [4.69, 9.17) is 4.52 Å². The molecule has 115 valence electrons. The normalized spacial score (nSPS) is 31.4. The third-order valence-corrected chi connectivity index (χ3v) is 10.7. The second-order valence-electron chi connectivity index (χ2n) is 7.45. The SMILES string of the molecule is CC1(C)CC(OP(=[Se])(N2CC2)N2CC2)CC(C)(C)N1[O]. The van der Waals surface area contributed by atoms with Gasteiger partial charge in [0.15, 0.2) is 0 Å². The molecular weight excluding hydrogens is 340 g/mol. The van der Waals surface area contributed by atoms with Gasteiger partial charge in [-0.3, -0.25) is 0 Å². The van der Waals surface area contributed by atoms with Crippen LogP contribution in [0.5, 0.6) is 0 Å². The molecule has 0 aliphatic carbocycles. The van der Waals surface area contributed by atoms with E-state index in [0.29, 0.717) is 0 Å². The summed E-state index contributed by atoms with van der Waals surface area (Å²) in [6.07, 6.45) is 1.79. The number of hydroxylamine groups is 2. The molecule has 1 radical (unpaired) electrons. The second kappa shape index (κ2) is 4.87. The average Bonchev–Trinajstić information content (AvgIpc) is 3.15. The van der Waals surface area contributed by atoms with Gasteiger partial charge in [-0.25, -0.2) is 0 Å². The van der Waals surface area contributed by atoms with Crippen LogP contribution in [0.4, 0.5) is 0 Å². The quantitative estimate of drug-likeness (QED) is 0.433. The number of piperidine rings is 1. The number of hydrogen-bond acceptors (Lipinski definition) is 4. The van der Waals surface area contributed by atoms with Crippen LogP contribution in [0.15, 0.2) is 0 Å². The van der Waals surface area contributed by atoms with Crippen molar-refractivity contribution < 1.29 is 9.73 Å². The average molecular weight is 365 g/mol. The van der Waals surface area contributed by atoms with E-state index < -0.39 is 6.04 Å². The molecule has 3 heterocycles. The van der Waals surface area contributed by atoms with E-state index in [1.165, 1.54) is 5.06 Å². The second-order valence-corrected chi connectivity index (χ2v) is 12.8. The van der Waals surface area contributed by atoms with Crippen LogP contribution in [0.3, 0.4) is 0 Å². The van der Waals surface area contributed by atoms with Gasteiger partial charge in [0.1, 0.15) is 0 Å². The van der Waals surface area contributed by atoms with Gasteiger partial charge in [0.25, 0.3) is 0 Å². The molecular formula is C13H25N3O2PSe. The summed E-state index contributed by atoms with van der Waals surface area (Å²) < 4.78 is 11.5. The molecule has 0 bridgehead atoms. The van der Waals surface area contributed by atoms with Gasteiger partial charge in [-0.15, -0.1) is 0 Å². The van der Waals surface area contributed by atoms with E-state index in [1.54, 1.807) is 0 Å². The third-order valence-electron chi connectivity index (χ3n) is 4.40. The zero-order valence-electron chi connectivity index (χ0n) is 12.8. The van der Waals surface area contributed by atoms with E-state index in [2.05, 4.69) is 24.4 Å². The van der Waals surface area contributed by atoms with Gasteiger partial charge in [-0.05, 0) is 0 Å². The molecule has 7 heteroatoms. The molecule has 3 aliphatic heterocycles. The van der Waals surface area contributed by atoms with Crippen LogP contribution >= 0.6 is 6.04 Å². The van der Waals surface area contributed by atoms with Crippen LogP contribution < -0.4 is 0 Å². The van der Waals surface area contributed by atoms with Crippen molar-refractivity contribution in [3.63, 3.8) is 0 Å². The van der Waals surface area contributed by atoms with Crippen molar-refractivity contribution in [1.82, 2.24) is 14.4 Å². The fraction of sp³-hybridized carbons (Fsp3) is 1.00. The summed E-state index contributed by atoms with van der Waals surface area (Å²) in [5.74, 6) is 0. The van der Waals surface area contributed by atoms with Gasteiger partial charge in [0, 0.05) is 0 Å². The molecule has 0 spiro atoms. The predicted octanol–water partition coefficient (Wildman–Crippen LogP) is 1.85. The Morgan fingerprint density at radius 3 is 1.75 bits per heavy atom. The maximum atomic E-state index is 12.4. The first-order valence-electron chi connectivity index (χ1n) is 7.42. The van der Waals surface area contributed by atoms with Gasteiger partial charge >= 0.3 is 129 Å². The monoisotopic (exact) mass is 366 g/mol. The summed E-state index contributed by atoms with van der Waals surface area (Å²) in [5, 5.41) is 13.7. The van der Waals surface area contributed by atoms with Crippen molar-refractivity contribution in [2.24, 2.45) is 0 Å². The summed E-state index contributed by atoms with van der Waals surface area (Å²) in [4.78, 5) is 0. The van der Waals surface area contributed by atoms with Gasteiger partial charge in [-0.2, -0.15) is 0 Å². The number of hydrogen-bond donors (Lipinski definition) is 0. The Morgan fingerprint density at radius 1 is 1.00 bits per heavy atom. The standard InChI is InChI=1S/C13H25N3O2PSe/c1-12(2)9-11(10-13(3,4)16(12)17)18-19(20,14-5-6-14)15-7-8-15/h11H,5-10H2,1-4H3. The van der Waals surface area contributed by atoms with Gasteiger partial charge < -0.3 is 0 Å². The predicted molar refractivity (Wildman–Crippen MR) is 80.6 cm³/mol. The number of rotatable bonds is 4. The van der Waals surface area contributed by atoms with Gasteiger partial charge in [0.2, 0.25) is 0 Å². The van der Waals surface area contributed by atoms with Crippen LogP contribution in [-0.4, -0.2) is 72.9 Å². The fourth-order valence-electron chi connectivity index (χ4n) is 3.35. The Hall–Kier alpha value is 0.749. The molecule has 3 rings (SSSR count). The van der Waals surface area contributed by atoms with E-state index >= 15 is 0 Å². The molecule has 0 amide bonds. The summed E-state index contributed by atoms with van der Waals surface area (Å²) in [5.41, 5.74) is -0.704. The van der Waals surface area contributed by atoms with Crippen LogP contribution in [0, 0.1) is 0 Å². The van der Waals surface area contributed by atoms with Gasteiger partial charge in [0.05, 0.1) is 0 Å². The molecule has 3 fully saturated rings. The molecule has 0 unspecified atom stereocenters. The summed E-state index contributed by atoms with van der Waals surface area (Å²) in [6, 6.07) is -1.67. The van der Waals surface area contributed by atoms with Crippen molar-refractivity contribution in [3.8, 4) is 0 Å². The van der Waals surface area contributed by atoms with Crippen LogP contribution in [-0.2, 0) is 9.73 Å². The van der Waals surface area contributed by atoms with E-state index in [9.17, 15) is 5.21 Å². The molecule has 5 nitrogen and oxygen atoms in total. The van der Waals surface area contributed by atoms with Crippen molar-refractivity contribution in [3.05, 3.63) is 0 Å². The van der Waals surface area contributed by atoms with Crippen molar-refractivity contribution >= 4 is 21.1 Å². The van der Waals surface area contributed by atoms with Gasteiger partial charge in [-0.1, -0.05) is 0 Å². The zero-order chi connectivity index (χ0) is 14.8. The Kier molecular flexibility index (Phi) is 3.81. The molecule has 0 N–H and O–H groups in total. The van der Waals surface area contributed by atoms with E-state index in [0.717, 1.165) is 39.0 Å². The molecule has 0 aromatic carbocycles. The Morgan fingerprint density at radius 2 is 1.40 bits per heavy atom. The summed E-state index contributed by atoms with van der Waals surface area (Å²) in [7, 11) is 0. The Labute approximate surface area is 129 Å². The topological polar surface area (TPSA) is 38.4 Å². The van der Waals surface area contributed by atoms with Crippen LogP contribution in [0.1, 0.15) is 40.5 Å². The molecule has 20 heavy (non-hydrogen) atoms. The van der Waals surface area contributed by atoms with Crippen molar-refractivity contribution in [1.29, 1.82) is 0 Å². The molecule has 0 aromatic rings. The first-order valence-corrected chi connectivity index (χ1v) is 11.2. The van der Waals surface area contributed by atoms with E-state index in [-0.39, 0.29) is 17.2 Å². The van der Waals surface area contributed by atoms with Crippen molar-refractivity contribution in [2.75, 3.05) is 26.2 Å². The zero-order valence-corrected chi connectivity index (χ0v) is 15.4. The maximum absolute atomic E-state index is 12.4. The summed E-state index contributed by atoms with van der Waals surface area (Å²) >= 11 is 3.38.